The van der Waals surface area contributed by atoms with Crippen LogP contribution >= 0.6 is 0 Å². The zero-order valence-corrected chi connectivity index (χ0v) is 14.0. The molecular formula is C16H14F3NO4S. The van der Waals surface area contributed by atoms with E-state index in [2.05, 4.69) is 0 Å². The number of halogens is 3. The fourth-order valence-corrected chi connectivity index (χ4v) is 3.08. The van der Waals surface area contributed by atoms with Crippen LogP contribution in [-0.2, 0) is 10.0 Å². The third-order valence-electron chi connectivity index (χ3n) is 3.30. The summed E-state index contributed by atoms with van der Waals surface area (Å²) in [6.07, 6.45) is -5.16. The molecule has 0 bridgehead atoms. The van der Waals surface area contributed by atoms with E-state index in [4.69, 9.17) is 4.74 Å². The highest BCUT2D eigenvalue weighted by atomic mass is 32.2. The van der Waals surface area contributed by atoms with Crippen LogP contribution in [-0.4, -0.2) is 27.5 Å². The van der Waals surface area contributed by atoms with Gasteiger partial charge in [0.2, 0.25) is 0 Å². The Balaban J connectivity index is 2.48. The highest BCUT2D eigenvalue weighted by Crippen LogP contribution is 2.30. The van der Waals surface area contributed by atoms with Gasteiger partial charge in [-0.15, -0.1) is 0 Å². The summed E-state index contributed by atoms with van der Waals surface area (Å²) in [4.78, 5) is 11.5. The Bertz CT molecular complexity index is 891. The number of methoxy groups -OCH3 is 1. The molecule has 0 spiro atoms. The number of rotatable bonds is 5. The summed E-state index contributed by atoms with van der Waals surface area (Å²) in [6, 6.07) is 8.85. The molecule has 2 aromatic carbocycles. The van der Waals surface area contributed by atoms with E-state index in [0.717, 1.165) is 17.7 Å². The fourth-order valence-electron chi connectivity index (χ4n) is 2.00. The van der Waals surface area contributed by atoms with E-state index in [9.17, 15) is 26.4 Å². The van der Waals surface area contributed by atoms with Crippen LogP contribution in [0.5, 0.6) is 5.75 Å². The molecule has 2 aromatic rings. The molecule has 25 heavy (non-hydrogen) atoms. The number of hydrogen-bond donors (Lipinski definition) is 1. The first-order valence-corrected chi connectivity index (χ1v) is 8.42. The Morgan fingerprint density at radius 2 is 1.68 bits per heavy atom. The van der Waals surface area contributed by atoms with Crippen LogP contribution < -0.4 is 9.46 Å². The van der Waals surface area contributed by atoms with Gasteiger partial charge in [0.1, 0.15) is 5.75 Å². The number of hydrogen-bond acceptors (Lipinski definition) is 4. The van der Waals surface area contributed by atoms with Crippen molar-refractivity contribution < 1.29 is 31.1 Å². The summed E-state index contributed by atoms with van der Waals surface area (Å²) in [6.45, 7) is 1.76. The highest BCUT2D eigenvalue weighted by molar-refractivity contribution is 7.92. The first-order valence-electron chi connectivity index (χ1n) is 6.93. The van der Waals surface area contributed by atoms with Crippen LogP contribution in [0.4, 0.5) is 18.9 Å². The SMILES string of the molecule is COc1ccc(NS(=O)(=O)c2ccc(C)cc2)c(C(=O)C(F)(F)F)c1. The number of carbonyl (C=O) groups is 1. The molecule has 5 nitrogen and oxygen atoms in total. The van der Waals surface area contributed by atoms with Gasteiger partial charge in [0, 0.05) is 0 Å². The van der Waals surface area contributed by atoms with Gasteiger partial charge in [-0.2, -0.15) is 13.2 Å². The van der Waals surface area contributed by atoms with Crippen molar-refractivity contribution in [1.82, 2.24) is 0 Å². The van der Waals surface area contributed by atoms with Crippen molar-refractivity contribution in [2.75, 3.05) is 11.8 Å². The topological polar surface area (TPSA) is 72.5 Å². The van der Waals surface area contributed by atoms with Crippen LogP contribution in [0, 0.1) is 6.92 Å². The third kappa shape index (κ3) is 4.30. The predicted molar refractivity (Wildman–Crippen MR) is 85.4 cm³/mol. The third-order valence-corrected chi connectivity index (χ3v) is 4.69. The molecular weight excluding hydrogens is 359 g/mol. The molecule has 1 N–H and O–H groups in total. The minimum absolute atomic E-state index is 0.00844. The van der Waals surface area contributed by atoms with Crippen LogP contribution in [0.15, 0.2) is 47.4 Å². The number of aryl methyl sites for hydroxylation is 1. The molecule has 0 heterocycles. The molecule has 0 saturated carbocycles. The van der Waals surface area contributed by atoms with Crippen LogP contribution in [0.25, 0.3) is 0 Å². The van der Waals surface area contributed by atoms with Crippen molar-refractivity contribution in [3.05, 3.63) is 53.6 Å². The van der Waals surface area contributed by atoms with E-state index in [1.54, 1.807) is 19.1 Å². The molecule has 134 valence electrons. The largest absolute Gasteiger partial charge is 0.497 e. The lowest BCUT2D eigenvalue weighted by molar-refractivity contribution is -0.0884. The first kappa shape index (κ1) is 18.8. The number of ether oxygens (including phenoxy) is 1. The number of carbonyl (C=O) groups excluding carboxylic acids is 1. The molecule has 0 saturated heterocycles. The molecule has 0 aliphatic heterocycles. The number of sulfonamides is 1. The monoisotopic (exact) mass is 373 g/mol. The van der Waals surface area contributed by atoms with E-state index >= 15 is 0 Å². The molecule has 9 heteroatoms. The molecule has 0 aliphatic rings. The summed E-state index contributed by atoms with van der Waals surface area (Å²) in [5.74, 6) is -2.18. The van der Waals surface area contributed by atoms with Crippen LogP contribution in [0.2, 0.25) is 0 Å². The minimum atomic E-state index is -5.16. The lowest BCUT2D eigenvalue weighted by Crippen LogP contribution is -2.25. The molecule has 0 radical (unpaired) electrons. The number of benzene rings is 2. The maximum Gasteiger partial charge on any atom is 0.454 e. The maximum absolute atomic E-state index is 12.8. The van der Waals surface area contributed by atoms with Crippen molar-refractivity contribution in [1.29, 1.82) is 0 Å². The fraction of sp³-hybridized carbons (Fsp3) is 0.188. The zero-order valence-electron chi connectivity index (χ0n) is 13.2. The number of alkyl halides is 3. The van der Waals surface area contributed by atoms with Crippen LogP contribution in [0.1, 0.15) is 15.9 Å². The molecule has 0 fully saturated rings. The second kappa shape index (κ2) is 6.75. The van der Waals surface area contributed by atoms with Crippen molar-refractivity contribution in [3.63, 3.8) is 0 Å². The van der Waals surface area contributed by atoms with E-state index in [1.165, 1.54) is 25.3 Å². The number of Topliss-reactive ketones (excluding diaryl/α,β-unsaturated/α-hetero) is 1. The molecule has 0 unspecified atom stereocenters. The molecule has 0 aliphatic carbocycles. The molecule has 0 amide bonds. The van der Waals surface area contributed by atoms with Crippen LogP contribution in [0.3, 0.4) is 0 Å². The molecule has 0 atom stereocenters. The standard InChI is InChI=1S/C16H14F3NO4S/c1-10-3-6-12(7-4-10)25(22,23)20-14-8-5-11(24-2)9-13(14)15(21)16(17,18)19/h3-9,20H,1-2H3. The van der Waals surface area contributed by atoms with Gasteiger partial charge in [-0.25, -0.2) is 8.42 Å². The Morgan fingerprint density at radius 1 is 1.08 bits per heavy atom. The second-order valence-electron chi connectivity index (χ2n) is 5.16. The summed E-state index contributed by atoms with van der Waals surface area (Å²) < 4.78 is 69.9. The van der Waals surface area contributed by atoms with Gasteiger partial charge >= 0.3 is 6.18 Å². The van der Waals surface area contributed by atoms with Gasteiger partial charge in [-0.05, 0) is 37.3 Å². The smallest absolute Gasteiger partial charge is 0.454 e. The lowest BCUT2D eigenvalue weighted by Gasteiger charge is -2.14. The van der Waals surface area contributed by atoms with Gasteiger partial charge in [0.25, 0.3) is 15.8 Å². The summed E-state index contributed by atoms with van der Waals surface area (Å²) in [5, 5.41) is 0. The van der Waals surface area contributed by atoms with Crippen molar-refractivity contribution in [2.45, 2.75) is 18.0 Å². The number of nitrogens with one attached hydrogen (secondary N) is 1. The average molecular weight is 373 g/mol. The van der Waals surface area contributed by atoms with Crippen molar-refractivity contribution in [2.24, 2.45) is 0 Å². The van der Waals surface area contributed by atoms with Crippen molar-refractivity contribution in [3.8, 4) is 5.75 Å². The van der Waals surface area contributed by atoms with Gasteiger partial charge in [-0.1, -0.05) is 17.7 Å². The summed E-state index contributed by atoms with van der Waals surface area (Å²) in [5.41, 5.74) is -0.512. The van der Waals surface area contributed by atoms with Gasteiger partial charge in [0.05, 0.1) is 23.3 Å². The van der Waals surface area contributed by atoms with E-state index in [0.29, 0.717) is 0 Å². The zero-order chi connectivity index (χ0) is 18.8. The Morgan fingerprint density at radius 3 is 2.20 bits per heavy atom. The molecule has 0 aromatic heterocycles. The maximum atomic E-state index is 12.8. The Hall–Kier alpha value is -2.55. The minimum Gasteiger partial charge on any atom is -0.497 e. The summed E-state index contributed by atoms with van der Waals surface area (Å²) >= 11 is 0. The van der Waals surface area contributed by atoms with E-state index in [1.807, 2.05) is 4.72 Å². The van der Waals surface area contributed by atoms with Gasteiger partial charge in [0.15, 0.2) is 0 Å². The normalized spacial score (nSPS) is 11.9. The Labute approximate surface area is 142 Å². The van der Waals surface area contributed by atoms with Gasteiger partial charge in [-0.3, -0.25) is 9.52 Å². The number of ketones is 1. The van der Waals surface area contributed by atoms with E-state index in [-0.39, 0.29) is 10.6 Å². The second-order valence-corrected chi connectivity index (χ2v) is 6.84. The average Bonchev–Trinajstić information content (AvgIpc) is 2.54. The summed E-state index contributed by atoms with van der Waals surface area (Å²) in [7, 11) is -2.95. The number of anilines is 1. The highest BCUT2D eigenvalue weighted by Gasteiger charge is 2.41. The Kier molecular flexibility index (Phi) is 5.07. The molecule has 2 rings (SSSR count). The quantitative estimate of drug-likeness (QED) is 0.814. The first-order chi connectivity index (χ1) is 11.5. The van der Waals surface area contributed by atoms with E-state index < -0.39 is 33.2 Å². The van der Waals surface area contributed by atoms with Gasteiger partial charge < -0.3 is 4.74 Å². The van der Waals surface area contributed by atoms with Crippen molar-refractivity contribution >= 4 is 21.5 Å². The predicted octanol–water partition coefficient (Wildman–Crippen LogP) is 3.55. The lowest BCUT2D eigenvalue weighted by atomic mass is 10.1.